The molecule has 0 aromatic carbocycles. The second-order valence-electron chi connectivity index (χ2n) is 5.13. The maximum atomic E-state index is 9.96. The molecule has 3 nitrogen and oxygen atoms in total. The normalized spacial score (nSPS) is 32.4. The number of nitrogens with one attached hydrogen (secondary N) is 1. The number of hydrogen-bond donors (Lipinski definition) is 2. The Kier molecular flexibility index (Phi) is 1.94. The highest BCUT2D eigenvalue weighted by atomic mass is 16.3. The lowest BCUT2D eigenvalue weighted by Crippen LogP contribution is -2.60. The first-order valence-electron chi connectivity index (χ1n) is 5.68. The van der Waals surface area contributed by atoms with Gasteiger partial charge in [0.05, 0.1) is 5.60 Å². The zero-order chi connectivity index (χ0) is 10.5. The fourth-order valence-corrected chi connectivity index (χ4v) is 2.27. The molecule has 1 aromatic rings. The summed E-state index contributed by atoms with van der Waals surface area (Å²) in [4.78, 5) is 0. The van der Waals surface area contributed by atoms with Crippen LogP contribution >= 0.6 is 0 Å². The van der Waals surface area contributed by atoms with E-state index in [-0.39, 0.29) is 0 Å². The Morgan fingerprint density at radius 2 is 2.27 bits per heavy atom. The van der Waals surface area contributed by atoms with E-state index in [9.17, 15) is 5.11 Å². The van der Waals surface area contributed by atoms with E-state index in [1.807, 2.05) is 6.07 Å². The summed E-state index contributed by atoms with van der Waals surface area (Å²) in [5, 5.41) is 13.0. The van der Waals surface area contributed by atoms with Crippen LogP contribution in [-0.2, 0) is 6.42 Å². The van der Waals surface area contributed by atoms with Crippen molar-refractivity contribution in [2.75, 3.05) is 13.1 Å². The van der Waals surface area contributed by atoms with Crippen molar-refractivity contribution in [3.63, 3.8) is 0 Å². The van der Waals surface area contributed by atoms with E-state index in [2.05, 4.69) is 18.3 Å². The lowest BCUT2D eigenvalue weighted by atomic mass is 9.92. The number of aliphatic hydroxyl groups is 1. The minimum Gasteiger partial charge on any atom is -0.466 e. The summed E-state index contributed by atoms with van der Waals surface area (Å²) in [6, 6.07) is 4.08. The minimum absolute atomic E-state index is 0.565. The molecular formula is C12H17NO2. The fraction of sp³-hybridized carbons (Fsp3) is 0.667. The Bertz CT molecular complexity index is 367. The molecule has 0 spiro atoms. The molecule has 1 aliphatic carbocycles. The third-order valence-corrected chi connectivity index (χ3v) is 3.57. The highest BCUT2D eigenvalue weighted by molar-refractivity contribution is 5.19. The van der Waals surface area contributed by atoms with Crippen LogP contribution in [0.15, 0.2) is 16.5 Å². The lowest BCUT2D eigenvalue weighted by Gasteiger charge is -2.36. The monoisotopic (exact) mass is 207 g/mol. The van der Waals surface area contributed by atoms with Crippen LogP contribution in [0.5, 0.6) is 0 Å². The topological polar surface area (TPSA) is 45.4 Å². The standard InChI is InChI=1S/C12H17NO2/c1-8-4-10(8)11-3-2-9(15-11)5-12(14)6-13-7-12/h2-3,8,10,13-14H,4-7H2,1H3. The maximum Gasteiger partial charge on any atom is 0.107 e. The van der Waals surface area contributed by atoms with Crippen LogP contribution in [-0.4, -0.2) is 23.8 Å². The zero-order valence-corrected chi connectivity index (χ0v) is 8.99. The molecule has 2 fully saturated rings. The fourth-order valence-electron chi connectivity index (χ4n) is 2.27. The average Bonchev–Trinajstić information content (AvgIpc) is 2.71. The van der Waals surface area contributed by atoms with Crippen LogP contribution in [0.25, 0.3) is 0 Å². The van der Waals surface area contributed by atoms with Crippen LogP contribution in [0.3, 0.4) is 0 Å². The Labute approximate surface area is 89.5 Å². The van der Waals surface area contributed by atoms with Gasteiger partial charge in [-0.3, -0.25) is 0 Å². The second-order valence-corrected chi connectivity index (χ2v) is 5.13. The molecule has 1 saturated carbocycles. The molecule has 82 valence electrons. The van der Waals surface area contributed by atoms with Crippen molar-refractivity contribution in [2.24, 2.45) is 5.92 Å². The SMILES string of the molecule is CC1CC1c1ccc(CC2(O)CNC2)o1. The molecule has 2 aliphatic rings. The molecule has 1 saturated heterocycles. The van der Waals surface area contributed by atoms with E-state index in [0.717, 1.165) is 17.4 Å². The van der Waals surface area contributed by atoms with E-state index in [1.54, 1.807) is 0 Å². The Morgan fingerprint density at radius 3 is 2.80 bits per heavy atom. The number of hydrogen-bond acceptors (Lipinski definition) is 3. The van der Waals surface area contributed by atoms with Gasteiger partial charge in [-0.2, -0.15) is 0 Å². The molecule has 2 N–H and O–H groups in total. The molecule has 0 radical (unpaired) electrons. The Morgan fingerprint density at radius 1 is 1.53 bits per heavy atom. The molecule has 3 heteroatoms. The first kappa shape index (κ1) is 9.43. The van der Waals surface area contributed by atoms with E-state index in [4.69, 9.17) is 4.42 Å². The maximum absolute atomic E-state index is 9.96. The van der Waals surface area contributed by atoms with Gasteiger partial charge in [-0.15, -0.1) is 0 Å². The van der Waals surface area contributed by atoms with Crippen molar-refractivity contribution < 1.29 is 9.52 Å². The molecule has 2 atom stereocenters. The highest BCUT2D eigenvalue weighted by Crippen LogP contribution is 2.47. The van der Waals surface area contributed by atoms with Crippen LogP contribution in [0.4, 0.5) is 0 Å². The van der Waals surface area contributed by atoms with Crippen LogP contribution in [0, 0.1) is 5.92 Å². The van der Waals surface area contributed by atoms with Gasteiger partial charge < -0.3 is 14.8 Å². The van der Waals surface area contributed by atoms with Gasteiger partial charge in [0.15, 0.2) is 0 Å². The largest absolute Gasteiger partial charge is 0.466 e. The Balaban J connectivity index is 1.68. The number of furan rings is 1. The molecule has 1 aromatic heterocycles. The highest BCUT2D eigenvalue weighted by Gasteiger charge is 2.38. The van der Waals surface area contributed by atoms with Crippen LogP contribution in [0.1, 0.15) is 30.8 Å². The first-order chi connectivity index (χ1) is 7.16. The van der Waals surface area contributed by atoms with Gasteiger partial charge in [0.1, 0.15) is 11.5 Å². The van der Waals surface area contributed by atoms with Gasteiger partial charge in [-0.25, -0.2) is 0 Å². The Hall–Kier alpha value is -0.800. The molecule has 1 aliphatic heterocycles. The third-order valence-electron chi connectivity index (χ3n) is 3.57. The third kappa shape index (κ3) is 1.70. The zero-order valence-electron chi connectivity index (χ0n) is 8.99. The second kappa shape index (κ2) is 3.09. The van der Waals surface area contributed by atoms with Crippen molar-refractivity contribution in [3.05, 3.63) is 23.7 Å². The van der Waals surface area contributed by atoms with Crippen LogP contribution < -0.4 is 5.32 Å². The summed E-state index contributed by atoms with van der Waals surface area (Å²) in [5.74, 6) is 3.44. The molecule has 15 heavy (non-hydrogen) atoms. The number of rotatable bonds is 3. The van der Waals surface area contributed by atoms with Crippen molar-refractivity contribution in [1.29, 1.82) is 0 Å². The van der Waals surface area contributed by atoms with Crippen molar-refractivity contribution in [1.82, 2.24) is 5.32 Å². The van der Waals surface area contributed by atoms with Gasteiger partial charge >= 0.3 is 0 Å². The number of β-amino-alcohol motifs (C(OH)–C–C–N with tert-alkyl or cyclic N) is 1. The molecule has 3 rings (SSSR count). The summed E-state index contributed by atoms with van der Waals surface area (Å²) in [7, 11) is 0. The van der Waals surface area contributed by atoms with Crippen molar-refractivity contribution in [2.45, 2.75) is 31.3 Å². The van der Waals surface area contributed by atoms with E-state index >= 15 is 0 Å². The van der Waals surface area contributed by atoms with Gasteiger partial charge in [-0.05, 0) is 24.5 Å². The molecular weight excluding hydrogens is 190 g/mol. The summed E-state index contributed by atoms with van der Waals surface area (Å²) in [6.07, 6.45) is 1.89. The van der Waals surface area contributed by atoms with Gasteiger partial charge in [-0.1, -0.05) is 6.92 Å². The average molecular weight is 207 g/mol. The molecule has 0 amide bonds. The van der Waals surface area contributed by atoms with E-state index < -0.39 is 5.60 Å². The minimum atomic E-state index is -0.565. The molecule has 0 bridgehead atoms. The van der Waals surface area contributed by atoms with Gasteiger partial charge in [0.25, 0.3) is 0 Å². The summed E-state index contributed by atoms with van der Waals surface area (Å²) in [6.45, 7) is 3.61. The van der Waals surface area contributed by atoms with Crippen LogP contribution in [0.2, 0.25) is 0 Å². The van der Waals surface area contributed by atoms with Gasteiger partial charge in [0.2, 0.25) is 0 Å². The summed E-state index contributed by atoms with van der Waals surface area (Å²) in [5.41, 5.74) is -0.565. The van der Waals surface area contributed by atoms with E-state index in [1.165, 1.54) is 6.42 Å². The molecule has 2 heterocycles. The summed E-state index contributed by atoms with van der Waals surface area (Å²) < 4.78 is 5.76. The predicted octanol–water partition coefficient (Wildman–Crippen LogP) is 1.28. The smallest absolute Gasteiger partial charge is 0.107 e. The van der Waals surface area contributed by atoms with Gasteiger partial charge in [0, 0.05) is 25.4 Å². The van der Waals surface area contributed by atoms with Crippen molar-refractivity contribution >= 4 is 0 Å². The predicted molar refractivity (Wildman–Crippen MR) is 56.8 cm³/mol. The summed E-state index contributed by atoms with van der Waals surface area (Å²) >= 11 is 0. The lowest BCUT2D eigenvalue weighted by molar-refractivity contribution is -0.0131. The van der Waals surface area contributed by atoms with E-state index in [0.29, 0.717) is 25.4 Å². The van der Waals surface area contributed by atoms with Crippen molar-refractivity contribution in [3.8, 4) is 0 Å². The quantitative estimate of drug-likeness (QED) is 0.784. The first-order valence-corrected chi connectivity index (χ1v) is 5.68. The molecule has 2 unspecified atom stereocenters.